The number of nitrogens with one attached hydrogen (secondary N) is 1. The maximum Gasteiger partial charge on any atom is 0.414 e. The third kappa shape index (κ3) is 5.41. The van der Waals surface area contributed by atoms with Crippen LogP contribution in [-0.2, 0) is 20.8 Å². The Morgan fingerprint density at radius 1 is 0.920 bits per heavy atom. The minimum atomic E-state index is -0.784. The number of carbonyl (C=O) groups excluding carboxylic acids is 2. The number of carbonyl (C=O) groups is 2. The highest BCUT2D eigenvalue weighted by Crippen LogP contribution is 2.23. The van der Waals surface area contributed by atoms with Gasteiger partial charge >= 0.3 is 6.09 Å². The molecular weight excluding hydrogens is 322 g/mol. The van der Waals surface area contributed by atoms with Crippen LogP contribution in [0.1, 0.15) is 15.9 Å². The van der Waals surface area contributed by atoms with Crippen molar-refractivity contribution in [1.29, 1.82) is 0 Å². The first-order valence-corrected chi connectivity index (χ1v) is 8.02. The van der Waals surface area contributed by atoms with Crippen LogP contribution in [0.15, 0.2) is 60.7 Å². The molecule has 2 atom stereocenters. The summed E-state index contributed by atoms with van der Waals surface area (Å²) in [6.07, 6.45) is -1.05. The Bertz CT molecular complexity index is 704. The summed E-state index contributed by atoms with van der Waals surface area (Å²) in [4.78, 5) is 23.4. The standard InChI is InChI=1S/C19H19NO5/c21-18(15-9-5-2-6-10-15)20-19(22)24-13-17-16(25-17)12-23-11-14-7-3-1-4-8-14/h1-10,16-17H,11-13H2,(H,20,21,22)/t16-,17+/m1/s1. The van der Waals surface area contributed by atoms with Crippen molar-refractivity contribution < 1.29 is 23.8 Å². The number of hydrogen-bond acceptors (Lipinski definition) is 5. The molecular formula is C19H19NO5. The van der Waals surface area contributed by atoms with E-state index in [1.165, 1.54) is 0 Å². The summed E-state index contributed by atoms with van der Waals surface area (Å²) in [6, 6.07) is 18.3. The van der Waals surface area contributed by atoms with Gasteiger partial charge in [0.05, 0.1) is 13.2 Å². The van der Waals surface area contributed by atoms with Gasteiger partial charge in [0.1, 0.15) is 18.8 Å². The maximum absolute atomic E-state index is 11.8. The summed E-state index contributed by atoms with van der Waals surface area (Å²) in [5.41, 5.74) is 1.49. The van der Waals surface area contributed by atoms with Gasteiger partial charge in [-0.1, -0.05) is 48.5 Å². The lowest BCUT2D eigenvalue weighted by Crippen LogP contribution is -2.32. The molecule has 1 saturated heterocycles. The minimum Gasteiger partial charge on any atom is -0.446 e. The summed E-state index contributed by atoms with van der Waals surface area (Å²) >= 11 is 0. The monoisotopic (exact) mass is 341 g/mol. The first kappa shape index (κ1) is 17.1. The molecule has 25 heavy (non-hydrogen) atoms. The van der Waals surface area contributed by atoms with E-state index in [0.29, 0.717) is 18.8 Å². The van der Waals surface area contributed by atoms with Crippen molar-refractivity contribution in [2.24, 2.45) is 0 Å². The zero-order valence-electron chi connectivity index (χ0n) is 13.6. The molecule has 0 radical (unpaired) electrons. The third-order valence-corrected chi connectivity index (χ3v) is 3.71. The first-order valence-electron chi connectivity index (χ1n) is 8.02. The van der Waals surface area contributed by atoms with Gasteiger partial charge in [-0.2, -0.15) is 0 Å². The molecule has 2 aromatic carbocycles. The fourth-order valence-corrected chi connectivity index (χ4v) is 2.29. The van der Waals surface area contributed by atoms with Gasteiger partial charge in [0.2, 0.25) is 0 Å². The highest BCUT2D eigenvalue weighted by molar-refractivity contribution is 6.02. The zero-order chi connectivity index (χ0) is 17.5. The lowest BCUT2D eigenvalue weighted by Gasteiger charge is -2.05. The van der Waals surface area contributed by atoms with Crippen molar-refractivity contribution >= 4 is 12.0 Å². The molecule has 1 N–H and O–H groups in total. The van der Waals surface area contributed by atoms with Gasteiger partial charge in [-0.15, -0.1) is 0 Å². The van der Waals surface area contributed by atoms with Gasteiger partial charge < -0.3 is 14.2 Å². The molecule has 0 aromatic heterocycles. The molecule has 0 saturated carbocycles. The molecule has 6 heteroatoms. The van der Waals surface area contributed by atoms with E-state index in [1.54, 1.807) is 30.3 Å². The van der Waals surface area contributed by atoms with Crippen LogP contribution in [0.25, 0.3) is 0 Å². The minimum absolute atomic E-state index is 0.0821. The second kappa shape index (κ2) is 8.41. The number of benzene rings is 2. The van der Waals surface area contributed by atoms with Crippen LogP contribution in [0.2, 0.25) is 0 Å². The van der Waals surface area contributed by atoms with Gasteiger partial charge in [-0.25, -0.2) is 4.79 Å². The SMILES string of the molecule is O=C(NC(=O)c1ccccc1)OC[C@@H]1O[C@@H]1COCc1ccccc1. The predicted octanol–water partition coefficient (Wildman–Crippen LogP) is 2.54. The average molecular weight is 341 g/mol. The van der Waals surface area contributed by atoms with Crippen LogP contribution in [0.3, 0.4) is 0 Å². The third-order valence-electron chi connectivity index (χ3n) is 3.71. The van der Waals surface area contributed by atoms with E-state index in [4.69, 9.17) is 14.2 Å². The van der Waals surface area contributed by atoms with Crippen molar-refractivity contribution in [3.05, 3.63) is 71.8 Å². The average Bonchev–Trinajstić information content (AvgIpc) is 3.40. The Balaban J connectivity index is 1.29. The molecule has 0 bridgehead atoms. The molecule has 1 heterocycles. The Labute approximate surface area is 145 Å². The number of rotatable bonds is 7. The second-order valence-electron chi connectivity index (χ2n) is 5.63. The quantitative estimate of drug-likeness (QED) is 0.783. The van der Waals surface area contributed by atoms with Gasteiger partial charge in [-0.3, -0.25) is 10.1 Å². The van der Waals surface area contributed by atoms with Gasteiger partial charge in [0.25, 0.3) is 5.91 Å². The Kier molecular flexibility index (Phi) is 5.77. The number of ether oxygens (including phenoxy) is 3. The topological polar surface area (TPSA) is 77.2 Å². The molecule has 1 aliphatic heterocycles. The highest BCUT2D eigenvalue weighted by Gasteiger charge is 2.40. The number of epoxide rings is 1. The molecule has 0 aliphatic carbocycles. The summed E-state index contributed by atoms with van der Waals surface area (Å²) in [5, 5.41) is 2.17. The Hall–Kier alpha value is -2.70. The lowest BCUT2D eigenvalue weighted by molar-refractivity contribution is 0.0911. The van der Waals surface area contributed by atoms with Crippen molar-refractivity contribution in [2.75, 3.05) is 13.2 Å². The summed E-state index contributed by atoms with van der Waals surface area (Å²) in [5.74, 6) is -0.495. The maximum atomic E-state index is 11.8. The van der Waals surface area contributed by atoms with E-state index in [2.05, 4.69) is 5.32 Å². The van der Waals surface area contributed by atoms with Crippen molar-refractivity contribution in [3.8, 4) is 0 Å². The molecule has 1 fully saturated rings. The molecule has 2 aromatic rings. The molecule has 3 rings (SSSR count). The van der Waals surface area contributed by atoms with Crippen LogP contribution in [-0.4, -0.2) is 37.4 Å². The fourth-order valence-electron chi connectivity index (χ4n) is 2.29. The number of alkyl carbamates (subject to hydrolysis) is 1. The number of imide groups is 1. The van der Waals surface area contributed by atoms with E-state index >= 15 is 0 Å². The van der Waals surface area contributed by atoms with E-state index in [-0.39, 0.29) is 18.8 Å². The van der Waals surface area contributed by atoms with E-state index in [0.717, 1.165) is 5.56 Å². The van der Waals surface area contributed by atoms with Crippen molar-refractivity contribution in [2.45, 2.75) is 18.8 Å². The normalized spacial score (nSPS) is 18.4. The largest absolute Gasteiger partial charge is 0.446 e. The van der Waals surface area contributed by atoms with Gasteiger partial charge in [0.15, 0.2) is 0 Å². The molecule has 6 nitrogen and oxygen atoms in total. The van der Waals surface area contributed by atoms with Crippen LogP contribution in [0, 0.1) is 0 Å². The number of amides is 2. The highest BCUT2D eigenvalue weighted by atomic mass is 16.6. The molecule has 0 spiro atoms. The van der Waals surface area contributed by atoms with E-state index < -0.39 is 12.0 Å². The van der Waals surface area contributed by atoms with Crippen LogP contribution in [0.4, 0.5) is 4.79 Å². The summed E-state index contributed by atoms with van der Waals surface area (Å²) < 4.78 is 15.9. The smallest absolute Gasteiger partial charge is 0.414 e. The second-order valence-corrected chi connectivity index (χ2v) is 5.63. The van der Waals surface area contributed by atoms with E-state index in [9.17, 15) is 9.59 Å². The van der Waals surface area contributed by atoms with Crippen molar-refractivity contribution in [1.82, 2.24) is 5.32 Å². The van der Waals surface area contributed by atoms with Gasteiger partial charge in [-0.05, 0) is 17.7 Å². The van der Waals surface area contributed by atoms with Crippen LogP contribution < -0.4 is 5.32 Å². The predicted molar refractivity (Wildman–Crippen MR) is 90.0 cm³/mol. The first-order chi connectivity index (χ1) is 12.2. The van der Waals surface area contributed by atoms with Gasteiger partial charge in [0, 0.05) is 5.56 Å². The lowest BCUT2D eigenvalue weighted by atomic mass is 10.2. The van der Waals surface area contributed by atoms with Crippen molar-refractivity contribution in [3.63, 3.8) is 0 Å². The van der Waals surface area contributed by atoms with Crippen LogP contribution >= 0.6 is 0 Å². The zero-order valence-corrected chi connectivity index (χ0v) is 13.6. The summed E-state index contributed by atoms with van der Waals surface area (Å²) in [6.45, 7) is 1.04. The molecule has 130 valence electrons. The molecule has 1 aliphatic rings. The Morgan fingerprint density at radius 2 is 1.56 bits per heavy atom. The molecule has 0 unspecified atom stereocenters. The molecule has 2 amide bonds. The fraction of sp³-hybridized carbons (Fsp3) is 0.263. The summed E-state index contributed by atoms with van der Waals surface area (Å²) in [7, 11) is 0. The number of hydrogen-bond donors (Lipinski definition) is 1. The van der Waals surface area contributed by atoms with E-state index in [1.807, 2.05) is 30.3 Å². The van der Waals surface area contributed by atoms with Crippen LogP contribution in [0.5, 0.6) is 0 Å². The Morgan fingerprint density at radius 3 is 2.28 bits per heavy atom.